The van der Waals surface area contributed by atoms with Crippen molar-refractivity contribution in [2.24, 2.45) is 0 Å². The van der Waals surface area contributed by atoms with Crippen molar-refractivity contribution in [2.45, 2.75) is 6.18 Å². The Balaban J connectivity index is 2.77. The van der Waals surface area contributed by atoms with E-state index in [1.807, 2.05) is 0 Å². The van der Waals surface area contributed by atoms with Gasteiger partial charge in [0.05, 0.1) is 0 Å². The van der Waals surface area contributed by atoms with Crippen molar-refractivity contribution in [2.75, 3.05) is 0 Å². The number of allylic oxidation sites excluding steroid dienone is 1. The number of benzene rings is 2. The summed E-state index contributed by atoms with van der Waals surface area (Å²) >= 11 is 5.10. The van der Waals surface area contributed by atoms with Crippen LogP contribution in [0.1, 0.15) is 0 Å². The van der Waals surface area contributed by atoms with Crippen molar-refractivity contribution in [1.82, 2.24) is 0 Å². The van der Waals surface area contributed by atoms with Gasteiger partial charge in [-0.05, 0) is 0 Å². The van der Waals surface area contributed by atoms with Gasteiger partial charge in [0.15, 0.2) is 17.7 Å². The predicted octanol–water partition coefficient (Wildman–Crippen LogP) is 4.94. The molecule has 0 aliphatic heterocycles. The largest absolute Gasteiger partial charge is 0.429 e. The number of hydrogen-bond donors (Lipinski definition) is 0. The normalized spacial score (nSPS) is 13.7. The highest BCUT2D eigenvalue weighted by Crippen LogP contribution is 2.56. The van der Waals surface area contributed by atoms with Gasteiger partial charge in [-0.3, -0.25) is 0 Å². The molecule has 0 amide bonds. The van der Waals surface area contributed by atoms with Gasteiger partial charge in [-0.1, -0.05) is 72.3 Å². The minimum Gasteiger partial charge on any atom is -0.306 e. The van der Waals surface area contributed by atoms with Gasteiger partial charge in [-0.2, -0.15) is 13.2 Å². The maximum absolute atomic E-state index is 14.5. The van der Waals surface area contributed by atoms with E-state index in [-0.39, 0.29) is 10.6 Å². The minimum absolute atomic E-state index is 0.0545. The van der Waals surface area contributed by atoms with Crippen LogP contribution >= 0.6 is 18.7 Å². The van der Waals surface area contributed by atoms with E-state index in [1.165, 1.54) is 48.5 Å². The van der Waals surface area contributed by atoms with Gasteiger partial charge in [0.2, 0.25) is 0 Å². The molecule has 0 unspecified atom stereocenters. The van der Waals surface area contributed by atoms with Crippen LogP contribution in [0.25, 0.3) is 0 Å². The maximum Gasteiger partial charge on any atom is 0.429 e. The lowest BCUT2D eigenvalue weighted by molar-refractivity contribution is -0.0856. The van der Waals surface area contributed by atoms with Gasteiger partial charge < -0.3 is 4.57 Å². The zero-order valence-corrected chi connectivity index (χ0v) is 12.7. The first-order valence-electron chi connectivity index (χ1n) is 6.12. The quantitative estimate of drug-likeness (QED) is 0.567. The van der Waals surface area contributed by atoms with E-state index in [9.17, 15) is 22.1 Å². The van der Waals surface area contributed by atoms with Gasteiger partial charge in [0.1, 0.15) is 0 Å². The summed E-state index contributed by atoms with van der Waals surface area (Å²) in [6.07, 6.45) is -5.11. The Morgan fingerprint density at radius 3 is 1.55 bits per heavy atom. The summed E-state index contributed by atoms with van der Waals surface area (Å²) < 4.78 is 65.8. The Hall–Kier alpha value is -1.58. The van der Waals surface area contributed by atoms with E-state index in [1.54, 1.807) is 12.1 Å². The van der Waals surface area contributed by atoms with Gasteiger partial charge in [0, 0.05) is 10.6 Å². The highest BCUT2D eigenvalue weighted by atomic mass is 35.5. The van der Waals surface area contributed by atoms with Gasteiger partial charge >= 0.3 is 6.18 Å². The molecule has 7 heteroatoms. The van der Waals surface area contributed by atoms with Gasteiger partial charge in [-0.25, -0.2) is 4.39 Å². The molecule has 0 atom stereocenters. The summed E-state index contributed by atoms with van der Waals surface area (Å²) in [5.41, 5.74) is -1.86. The average molecular weight is 349 g/mol. The molecule has 0 saturated carbocycles. The second kappa shape index (κ2) is 6.27. The third kappa shape index (κ3) is 3.11. The molecular formula is C15H10ClF4OP. The molecular weight excluding hydrogens is 339 g/mol. The molecule has 0 N–H and O–H groups in total. The zero-order valence-electron chi connectivity index (χ0n) is 11.0. The van der Waals surface area contributed by atoms with Crippen molar-refractivity contribution in [1.29, 1.82) is 0 Å². The van der Waals surface area contributed by atoms with Crippen molar-refractivity contribution in [3.05, 3.63) is 71.3 Å². The molecule has 0 aliphatic carbocycles. The van der Waals surface area contributed by atoms with E-state index < -0.39 is 23.9 Å². The molecule has 0 saturated heterocycles. The van der Waals surface area contributed by atoms with Crippen LogP contribution in [0.4, 0.5) is 17.6 Å². The molecule has 2 aromatic carbocycles. The third-order valence-corrected chi connectivity index (χ3v) is 6.29. The Morgan fingerprint density at radius 2 is 1.23 bits per heavy atom. The van der Waals surface area contributed by atoms with Crippen molar-refractivity contribution in [3.63, 3.8) is 0 Å². The molecule has 2 rings (SSSR count). The van der Waals surface area contributed by atoms with Crippen LogP contribution in [0.5, 0.6) is 0 Å². The fourth-order valence-electron chi connectivity index (χ4n) is 1.91. The average Bonchev–Trinajstić information content (AvgIpc) is 2.53. The summed E-state index contributed by atoms with van der Waals surface area (Å²) in [7, 11) is -4.31. The predicted molar refractivity (Wildman–Crippen MR) is 79.8 cm³/mol. The molecule has 22 heavy (non-hydrogen) atoms. The minimum atomic E-state index is -5.11. The van der Waals surface area contributed by atoms with E-state index in [0.29, 0.717) is 0 Å². The number of alkyl halides is 3. The zero-order chi connectivity index (χ0) is 16.4. The lowest BCUT2D eigenvalue weighted by atomic mass is 10.4. The molecule has 0 fully saturated rings. The van der Waals surface area contributed by atoms with E-state index in [0.717, 1.165) is 0 Å². The first-order valence-corrected chi connectivity index (χ1v) is 8.20. The monoisotopic (exact) mass is 348 g/mol. The van der Waals surface area contributed by atoms with Crippen molar-refractivity contribution >= 4 is 29.4 Å². The summed E-state index contributed by atoms with van der Waals surface area (Å²) in [4.78, 5) is 0. The fourth-order valence-corrected chi connectivity index (χ4v) is 4.60. The van der Waals surface area contributed by atoms with Crippen LogP contribution in [0.2, 0.25) is 0 Å². The van der Waals surface area contributed by atoms with Crippen molar-refractivity contribution in [3.8, 4) is 0 Å². The molecule has 0 aromatic heterocycles. The highest BCUT2D eigenvalue weighted by Gasteiger charge is 2.43. The van der Waals surface area contributed by atoms with Gasteiger partial charge in [0.25, 0.3) is 0 Å². The molecule has 116 valence electrons. The Bertz CT molecular complexity index is 683. The highest BCUT2D eigenvalue weighted by molar-refractivity contribution is 7.82. The summed E-state index contributed by atoms with van der Waals surface area (Å²) in [5.74, 6) is 0. The third-order valence-electron chi connectivity index (χ3n) is 2.95. The molecule has 1 nitrogen and oxygen atoms in total. The Kier molecular flexibility index (Phi) is 4.78. The Morgan fingerprint density at radius 1 is 0.864 bits per heavy atom. The number of rotatable bonds is 3. The second-order valence-electron chi connectivity index (χ2n) is 4.38. The number of halogens is 5. The summed E-state index contributed by atoms with van der Waals surface area (Å²) in [6.45, 7) is 0. The molecule has 0 aliphatic rings. The number of hydrogen-bond acceptors (Lipinski definition) is 1. The summed E-state index contributed by atoms with van der Waals surface area (Å²) in [5, 5.41) is -2.11. The standard InChI is InChI=1S/C15H10ClF4OP/c16-13(15(18,19)20)14(17)22(21,11-7-3-1-4-8-11)12-9-5-2-6-10-12/h1-10H/b14-13-. The first-order chi connectivity index (χ1) is 10.3. The van der Waals surface area contributed by atoms with Crippen LogP contribution in [0.15, 0.2) is 71.3 Å². The SMILES string of the molecule is O=P(/C(F)=C(\Cl)C(F)(F)F)(c1ccccc1)c1ccccc1. The van der Waals surface area contributed by atoms with Crippen LogP contribution in [0, 0.1) is 0 Å². The lowest BCUT2D eigenvalue weighted by Gasteiger charge is -2.19. The molecule has 0 radical (unpaired) electrons. The van der Waals surface area contributed by atoms with Crippen molar-refractivity contribution < 1.29 is 22.1 Å². The molecule has 0 bridgehead atoms. The molecule has 2 aromatic rings. The first kappa shape index (κ1) is 16.8. The second-order valence-corrected chi connectivity index (χ2v) is 7.40. The smallest absolute Gasteiger partial charge is 0.306 e. The molecule has 0 heterocycles. The topological polar surface area (TPSA) is 17.1 Å². The van der Waals surface area contributed by atoms with Gasteiger partial charge in [-0.15, -0.1) is 0 Å². The van der Waals surface area contributed by atoms with Crippen LogP contribution < -0.4 is 10.6 Å². The van der Waals surface area contributed by atoms with E-state index >= 15 is 0 Å². The Labute approximate surface area is 129 Å². The van der Waals surface area contributed by atoms with Crippen LogP contribution in [-0.2, 0) is 4.57 Å². The fraction of sp³-hybridized carbons (Fsp3) is 0.0667. The van der Waals surface area contributed by atoms with E-state index in [4.69, 9.17) is 11.6 Å². The summed E-state index contributed by atoms with van der Waals surface area (Å²) in [6, 6.07) is 14.3. The van der Waals surface area contributed by atoms with Crippen LogP contribution in [-0.4, -0.2) is 6.18 Å². The maximum atomic E-state index is 14.5. The van der Waals surface area contributed by atoms with Crippen LogP contribution in [0.3, 0.4) is 0 Å². The lowest BCUT2D eigenvalue weighted by Crippen LogP contribution is -2.19. The molecule has 0 spiro atoms. The van der Waals surface area contributed by atoms with E-state index in [2.05, 4.69) is 0 Å².